The Balaban J connectivity index is 1.61. The highest BCUT2D eigenvalue weighted by atomic mass is 35.5. The predicted molar refractivity (Wildman–Crippen MR) is 128 cm³/mol. The minimum absolute atomic E-state index is 0.0706. The number of hydrogen-bond donors (Lipinski definition) is 0. The van der Waals surface area contributed by atoms with Crippen LogP contribution in [0.15, 0.2) is 93.4 Å². The Morgan fingerprint density at radius 3 is 2.42 bits per heavy atom. The fraction of sp³-hybridized carbons (Fsp3) is 0.120. The summed E-state index contributed by atoms with van der Waals surface area (Å²) in [5, 5.41) is 1.06. The Morgan fingerprint density at radius 1 is 0.848 bits per heavy atom. The van der Waals surface area contributed by atoms with Crippen LogP contribution in [-0.2, 0) is 19.5 Å². The van der Waals surface area contributed by atoms with Crippen LogP contribution in [0.1, 0.15) is 11.3 Å². The highest BCUT2D eigenvalue weighted by Gasteiger charge is 2.14. The molecule has 33 heavy (non-hydrogen) atoms. The van der Waals surface area contributed by atoms with Crippen molar-refractivity contribution in [2.45, 2.75) is 19.5 Å². The van der Waals surface area contributed by atoms with Gasteiger partial charge in [-0.15, -0.1) is 0 Å². The number of benzene rings is 2. The average molecular weight is 459 g/mol. The number of aryl methyl sites for hydroxylation is 1. The third-order valence-electron chi connectivity index (χ3n) is 5.61. The van der Waals surface area contributed by atoms with E-state index in [1.54, 1.807) is 60.8 Å². The minimum Gasteiger partial charge on any atom is -0.287 e. The molecule has 5 aromatic rings. The molecule has 0 aliphatic rings. The zero-order valence-electron chi connectivity index (χ0n) is 17.5. The van der Waals surface area contributed by atoms with Crippen molar-refractivity contribution in [1.82, 2.24) is 18.5 Å². The van der Waals surface area contributed by atoms with E-state index in [0.29, 0.717) is 33.7 Å². The van der Waals surface area contributed by atoms with Crippen molar-refractivity contribution in [1.29, 1.82) is 0 Å². The first-order valence-electron chi connectivity index (χ1n) is 10.5. The summed E-state index contributed by atoms with van der Waals surface area (Å²) in [4.78, 5) is 43.6. The van der Waals surface area contributed by atoms with Gasteiger partial charge < -0.3 is 0 Å². The third kappa shape index (κ3) is 3.99. The van der Waals surface area contributed by atoms with Crippen molar-refractivity contribution in [3.8, 4) is 0 Å². The Bertz CT molecular complexity index is 1670. The number of pyridine rings is 1. The van der Waals surface area contributed by atoms with Crippen LogP contribution in [0.3, 0.4) is 0 Å². The maximum atomic E-state index is 13.4. The summed E-state index contributed by atoms with van der Waals surface area (Å²) in [6, 6.07) is 21.0. The van der Waals surface area contributed by atoms with Crippen LogP contribution in [0.25, 0.3) is 16.6 Å². The lowest BCUT2D eigenvalue weighted by Crippen LogP contribution is -2.41. The molecular weight excluding hydrogens is 440 g/mol. The molecule has 2 aromatic carbocycles. The summed E-state index contributed by atoms with van der Waals surface area (Å²) in [6.07, 6.45) is 2.15. The van der Waals surface area contributed by atoms with Gasteiger partial charge in [0, 0.05) is 23.8 Å². The van der Waals surface area contributed by atoms with Crippen molar-refractivity contribution in [3.05, 3.63) is 126 Å². The van der Waals surface area contributed by atoms with Gasteiger partial charge in [0.2, 0.25) is 0 Å². The third-order valence-corrected chi connectivity index (χ3v) is 5.87. The lowest BCUT2D eigenvalue weighted by Gasteiger charge is -2.14. The van der Waals surface area contributed by atoms with Crippen LogP contribution in [0, 0.1) is 0 Å². The van der Waals surface area contributed by atoms with Gasteiger partial charge in [-0.3, -0.25) is 23.1 Å². The van der Waals surface area contributed by atoms with Gasteiger partial charge in [0.25, 0.3) is 11.1 Å². The van der Waals surface area contributed by atoms with Crippen LogP contribution < -0.4 is 16.8 Å². The van der Waals surface area contributed by atoms with Gasteiger partial charge in [0.15, 0.2) is 0 Å². The molecule has 3 heterocycles. The van der Waals surface area contributed by atoms with E-state index in [2.05, 4.69) is 4.98 Å². The van der Waals surface area contributed by atoms with E-state index in [-0.39, 0.29) is 24.2 Å². The zero-order chi connectivity index (χ0) is 22.9. The highest BCUT2D eigenvalue weighted by molar-refractivity contribution is 6.30. The fourth-order valence-electron chi connectivity index (χ4n) is 3.96. The van der Waals surface area contributed by atoms with Crippen molar-refractivity contribution >= 4 is 28.2 Å². The summed E-state index contributed by atoms with van der Waals surface area (Å²) in [6.45, 7) is 0.291. The molecule has 0 saturated carbocycles. The second-order valence-electron chi connectivity index (χ2n) is 7.73. The van der Waals surface area contributed by atoms with E-state index in [9.17, 15) is 14.4 Å². The van der Waals surface area contributed by atoms with Gasteiger partial charge in [-0.1, -0.05) is 41.9 Å². The van der Waals surface area contributed by atoms with Gasteiger partial charge in [-0.25, -0.2) is 9.78 Å². The molecule has 3 aromatic heterocycles. The summed E-state index contributed by atoms with van der Waals surface area (Å²) in [7, 11) is 0. The second-order valence-corrected chi connectivity index (χ2v) is 8.17. The van der Waals surface area contributed by atoms with Crippen LogP contribution in [0.5, 0.6) is 0 Å². The molecule has 0 radical (unpaired) electrons. The molecule has 0 unspecified atom stereocenters. The zero-order valence-corrected chi connectivity index (χ0v) is 18.3. The van der Waals surface area contributed by atoms with Crippen molar-refractivity contribution < 1.29 is 0 Å². The fourth-order valence-corrected chi connectivity index (χ4v) is 4.08. The molecule has 0 atom stereocenters. The lowest BCUT2D eigenvalue weighted by atomic mass is 10.1. The molecule has 0 N–H and O–H groups in total. The van der Waals surface area contributed by atoms with E-state index in [1.807, 2.05) is 12.1 Å². The monoisotopic (exact) mass is 458 g/mol. The first-order chi connectivity index (χ1) is 16.0. The minimum atomic E-state index is -0.442. The molecule has 0 saturated heterocycles. The Kier molecular flexibility index (Phi) is 5.40. The standard InChI is InChI=1S/C25H19ClN4O3/c26-18-10-8-17(9-11-18)12-14-29-24(32)20-5-1-2-6-21(20)30(25(29)33)16-19-15-23(31)28-13-4-3-7-22(28)27-19/h1-11,13,15H,12,14,16H2. The van der Waals surface area contributed by atoms with Crippen LogP contribution in [0.4, 0.5) is 0 Å². The number of fused-ring (bicyclic) bond motifs is 2. The van der Waals surface area contributed by atoms with Gasteiger partial charge in [-0.05, 0) is 48.4 Å². The number of nitrogens with zero attached hydrogens (tertiary/aromatic N) is 4. The van der Waals surface area contributed by atoms with E-state index in [4.69, 9.17) is 11.6 Å². The largest absolute Gasteiger partial charge is 0.331 e. The number of halogens is 1. The Hall–Kier alpha value is -3.97. The average Bonchev–Trinajstić information content (AvgIpc) is 2.83. The first kappa shape index (κ1) is 20.9. The van der Waals surface area contributed by atoms with Gasteiger partial charge in [0.05, 0.1) is 23.1 Å². The van der Waals surface area contributed by atoms with Gasteiger partial charge in [0.1, 0.15) is 5.65 Å². The summed E-state index contributed by atoms with van der Waals surface area (Å²) >= 11 is 5.95. The van der Waals surface area contributed by atoms with Crippen LogP contribution in [-0.4, -0.2) is 18.5 Å². The lowest BCUT2D eigenvalue weighted by molar-refractivity contribution is 0.586. The SMILES string of the molecule is O=c1c2ccccc2n(Cc2cc(=O)n3ccccc3n2)c(=O)n1CCc1ccc(Cl)cc1. The molecule has 0 aliphatic heterocycles. The summed E-state index contributed by atoms with van der Waals surface area (Å²) < 4.78 is 4.18. The molecule has 0 aliphatic carbocycles. The van der Waals surface area contributed by atoms with Crippen LogP contribution in [0.2, 0.25) is 5.02 Å². The van der Waals surface area contributed by atoms with Crippen molar-refractivity contribution in [3.63, 3.8) is 0 Å². The van der Waals surface area contributed by atoms with E-state index < -0.39 is 5.69 Å². The number of aromatic nitrogens is 4. The Morgan fingerprint density at radius 2 is 1.61 bits per heavy atom. The number of rotatable bonds is 5. The summed E-state index contributed by atoms with van der Waals surface area (Å²) in [5.41, 5.74) is 1.40. The Labute approximate surface area is 192 Å². The van der Waals surface area contributed by atoms with Crippen molar-refractivity contribution in [2.24, 2.45) is 0 Å². The highest BCUT2D eigenvalue weighted by Crippen LogP contribution is 2.12. The molecule has 8 heteroatoms. The van der Waals surface area contributed by atoms with E-state index in [0.717, 1.165) is 5.56 Å². The topological polar surface area (TPSA) is 78.4 Å². The quantitative estimate of drug-likeness (QED) is 0.405. The number of para-hydroxylation sites is 1. The molecule has 0 spiro atoms. The van der Waals surface area contributed by atoms with Gasteiger partial charge in [-0.2, -0.15) is 0 Å². The molecule has 0 amide bonds. The maximum Gasteiger partial charge on any atom is 0.331 e. The normalized spacial score (nSPS) is 11.3. The molecule has 7 nitrogen and oxygen atoms in total. The first-order valence-corrected chi connectivity index (χ1v) is 10.8. The maximum absolute atomic E-state index is 13.4. The molecular formula is C25H19ClN4O3. The molecule has 0 fully saturated rings. The molecule has 5 rings (SSSR count). The van der Waals surface area contributed by atoms with Crippen LogP contribution >= 0.6 is 11.6 Å². The summed E-state index contributed by atoms with van der Waals surface area (Å²) in [5.74, 6) is 0. The van der Waals surface area contributed by atoms with Crippen molar-refractivity contribution in [2.75, 3.05) is 0 Å². The second kappa shape index (κ2) is 8.52. The van der Waals surface area contributed by atoms with E-state index in [1.165, 1.54) is 19.6 Å². The molecule has 0 bridgehead atoms. The predicted octanol–water partition coefficient (Wildman–Crippen LogP) is 3.12. The molecule has 164 valence electrons. The smallest absolute Gasteiger partial charge is 0.287 e. The van der Waals surface area contributed by atoms with Gasteiger partial charge >= 0.3 is 5.69 Å². The van der Waals surface area contributed by atoms with E-state index >= 15 is 0 Å². The number of hydrogen-bond acceptors (Lipinski definition) is 4.